The van der Waals surface area contributed by atoms with Gasteiger partial charge in [0.15, 0.2) is 5.16 Å². The van der Waals surface area contributed by atoms with E-state index in [1.54, 1.807) is 11.8 Å². The zero-order chi connectivity index (χ0) is 20.0. The van der Waals surface area contributed by atoms with Crippen molar-refractivity contribution < 1.29 is 4.74 Å². The third-order valence-corrected chi connectivity index (χ3v) is 7.07. The minimum absolute atomic E-state index is 0.515. The van der Waals surface area contributed by atoms with Crippen LogP contribution in [0.15, 0.2) is 23.4 Å². The summed E-state index contributed by atoms with van der Waals surface area (Å²) < 4.78 is 7.80. The molecule has 0 N–H and O–H groups in total. The summed E-state index contributed by atoms with van der Waals surface area (Å²) in [5.41, 5.74) is 4.44. The third-order valence-electron chi connectivity index (χ3n) is 5.75. The number of thioether (sulfide) groups is 1. The standard InChI is InChI=1S/C21H24ClN5OS/c1-13-3-4-15-11-16(19(22)23-18(15)14(13)2)12-29-21-25-24-20(27(21)17-5-6-17)26-7-9-28-10-8-26/h3-4,11,17H,5-10,12H2,1-2H3. The first-order valence-electron chi connectivity index (χ1n) is 10.1. The van der Waals surface area contributed by atoms with Crippen molar-refractivity contribution in [2.45, 2.75) is 43.6 Å². The van der Waals surface area contributed by atoms with Gasteiger partial charge in [-0.05, 0) is 43.9 Å². The summed E-state index contributed by atoms with van der Waals surface area (Å²) in [5, 5.41) is 11.7. The number of ether oxygens (including phenoxy) is 1. The fraction of sp³-hybridized carbons (Fsp3) is 0.476. The number of fused-ring (bicyclic) bond motifs is 1. The predicted octanol–water partition coefficient (Wildman–Crippen LogP) is 4.56. The highest BCUT2D eigenvalue weighted by atomic mass is 35.5. The van der Waals surface area contributed by atoms with Gasteiger partial charge >= 0.3 is 0 Å². The molecular formula is C21H24ClN5OS. The molecule has 1 saturated heterocycles. The Balaban J connectivity index is 1.41. The van der Waals surface area contributed by atoms with Crippen LogP contribution in [0.3, 0.4) is 0 Å². The normalized spacial score (nSPS) is 17.3. The second-order valence-electron chi connectivity index (χ2n) is 7.79. The first-order chi connectivity index (χ1) is 14.1. The molecule has 0 bridgehead atoms. The van der Waals surface area contributed by atoms with Crippen LogP contribution < -0.4 is 4.90 Å². The van der Waals surface area contributed by atoms with E-state index in [0.29, 0.717) is 11.2 Å². The highest BCUT2D eigenvalue weighted by Crippen LogP contribution is 2.42. The summed E-state index contributed by atoms with van der Waals surface area (Å²) in [6.07, 6.45) is 2.39. The van der Waals surface area contributed by atoms with Crippen molar-refractivity contribution in [1.29, 1.82) is 0 Å². The molecule has 152 valence electrons. The van der Waals surface area contributed by atoms with E-state index in [0.717, 1.165) is 59.6 Å². The molecule has 1 aromatic carbocycles. The Morgan fingerprint density at radius 1 is 1.17 bits per heavy atom. The zero-order valence-electron chi connectivity index (χ0n) is 16.7. The number of morpholine rings is 1. The van der Waals surface area contributed by atoms with E-state index >= 15 is 0 Å². The van der Waals surface area contributed by atoms with Gasteiger partial charge in [0.05, 0.1) is 18.7 Å². The molecule has 6 nitrogen and oxygen atoms in total. The SMILES string of the molecule is Cc1ccc2cc(CSc3nnc(N4CCOCC4)n3C3CC3)c(Cl)nc2c1C. The van der Waals surface area contributed by atoms with Crippen LogP contribution in [0.4, 0.5) is 5.95 Å². The van der Waals surface area contributed by atoms with Gasteiger partial charge in [0.2, 0.25) is 5.95 Å². The van der Waals surface area contributed by atoms with Crippen molar-refractivity contribution >= 4 is 40.2 Å². The van der Waals surface area contributed by atoms with Gasteiger partial charge in [0, 0.05) is 35.8 Å². The molecule has 2 aliphatic rings. The topological polar surface area (TPSA) is 56.1 Å². The van der Waals surface area contributed by atoms with Gasteiger partial charge in [-0.15, -0.1) is 10.2 Å². The van der Waals surface area contributed by atoms with E-state index in [9.17, 15) is 0 Å². The van der Waals surface area contributed by atoms with Crippen molar-refractivity contribution in [2.75, 3.05) is 31.2 Å². The smallest absolute Gasteiger partial charge is 0.228 e. The lowest BCUT2D eigenvalue weighted by molar-refractivity contribution is 0.121. The third kappa shape index (κ3) is 3.71. The highest BCUT2D eigenvalue weighted by Gasteiger charge is 2.32. The minimum Gasteiger partial charge on any atom is -0.378 e. The molecule has 3 heterocycles. The molecule has 2 aromatic heterocycles. The first kappa shape index (κ1) is 19.2. The van der Waals surface area contributed by atoms with Crippen molar-refractivity contribution in [3.8, 4) is 0 Å². The Kier molecular flexibility index (Phi) is 5.14. The first-order valence-corrected chi connectivity index (χ1v) is 11.4. The maximum atomic E-state index is 6.55. The summed E-state index contributed by atoms with van der Waals surface area (Å²) in [7, 11) is 0. The van der Waals surface area contributed by atoms with Crippen LogP contribution in [0.25, 0.3) is 10.9 Å². The number of hydrogen-bond donors (Lipinski definition) is 0. The average molecular weight is 430 g/mol. The lowest BCUT2D eigenvalue weighted by atomic mass is 10.0. The van der Waals surface area contributed by atoms with Gasteiger partial charge in [-0.1, -0.05) is 35.5 Å². The van der Waals surface area contributed by atoms with Crippen LogP contribution >= 0.6 is 23.4 Å². The van der Waals surface area contributed by atoms with E-state index < -0.39 is 0 Å². The maximum Gasteiger partial charge on any atom is 0.228 e. The van der Waals surface area contributed by atoms with Crippen LogP contribution in [0.1, 0.15) is 35.6 Å². The molecule has 0 atom stereocenters. The molecule has 2 fully saturated rings. The second-order valence-corrected chi connectivity index (χ2v) is 9.09. The van der Waals surface area contributed by atoms with Gasteiger partial charge in [-0.3, -0.25) is 4.57 Å². The lowest BCUT2D eigenvalue weighted by Crippen LogP contribution is -2.38. The summed E-state index contributed by atoms with van der Waals surface area (Å²) in [6.45, 7) is 7.43. The van der Waals surface area contributed by atoms with Crippen molar-refractivity contribution in [1.82, 2.24) is 19.7 Å². The molecule has 8 heteroatoms. The van der Waals surface area contributed by atoms with Crippen LogP contribution in [0, 0.1) is 13.8 Å². The molecule has 0 radical (unpaired) electrons. The highest BCUT2D eigenvalue weighted by molar-refractivity contribution is 7.98. The maximum absolute atomic E-state index is 6.55. The van der Waals surface area contributed by atoms with E-state index in [1.807, 2.05) is 0 Å². The molecular weight excluding hydrogens is 406 g/mol. The van der Waals surface area contributed by atoms with Crippen LogP contribution in [-0.2, 0) is 10.5 Å². The van der Waals surface area contributed by atoms with Crippen LogP contribution in [0.5, 0.6) is 0 Å². The van der Waals surface area contributed by atoms with Gasteiger partial charge in [0.1, 0.15) is 5.15 Å². The number of hydrogen-bond acceptors (Lipinski definition) is 6. The number of halogens is 1. The number of aromatic nitrogens is 4. The Morgan fingerprint density at radius 2 is 1.97 bits per heavy atom. The quantitative estimate of drug-likeness (QED) is 0.437. The molecule has 29 heavy (non-hydrogen) atoms. The van der Waals surface area contributed by atoms with Crippen molar-refractivity contribution in [2.24, 2.45) is 0 Å². The molecule has 0 amide bonds. The monoisotopic (exact) mass is 429 g/mol. The lowest BCUT2D eigenvalue weighted by Gasteiger charge is -2.27. The van der Waals surface area contributed by atoms with E-state index in [-0.39, 0.29) is 0 Å². The molecule has 5 rings (SSSR count). The summed E-state index contributed by atoms with van der Waals surface area (Å²) >= 11 is 8.24. The largest absolute Gasteiger partial charge is 0.378 e. The van der Waals surface area contributed by atoms with Crippen molar-refractivity contribution in [3.05, 3.63) is 40.0 Å². The van der Waals surface area contributed by atoms with Crippen molar-refractivity contribution in [3.63, 3.8) is 0 Å². The Hall–Kier alpha value is -1.83. The number of rotatable bonds is 5. The average Bonchev–Trinajstić information content (AvgIpc) is 3.49. The van der Waals surface area contributed by atoms with E-state index in [1.165, 1.54) is 24.0 Å². The number of pyridine rings is 1. The molecule has 3 aromatic rings. The van der Waals surface area contributed by atoms with Gasteiger partial charge < -0.3 is 9.64 Å². The zero-order valence-corrected chi connectivity index (χ0v) is 18.3. The second kappa shape index (κ2) is 7.78. The predicted molar refractivity (Wildman–Crippen MR) is 117 cm³/mol. The van der Waals surface area contributed by atoms with E-state index in [4.69, 9.17) is 16.3 Å². The van der Waals surface area contributed by atoms with Crippen LogP contribution in [-0.4, -0.2) is 46.1 Å². The Labute approximate surface area is 179 Å². The fourth-order valence-electron chi connectivity index (χ4n) is 3.75. The molecule has 1 aliphatic heterocycles. The Bertz CT molecular complexity index is 1060. The molecule has 1 aliphatic carbocycles. The number of aryl methyl sites for hydroxylation is 2. The minimum atomic E-state index is 0.515. The van der Waals surface area contributed by atoms with Crippen LogP contribution in [0.2, 0.25) is 5.15 Å². The van der Waals surface area contributed by atoms with E-state index in [2.05, 4.69) is 56.7 Å². The van der Waals surface area contributed by atoms with Gasteiger partial charge in [-0.25, -0.2) is 4.98 Å². The number of benzene rings is 1. The summed E-state index contributed by atoms with van der Waals surface area (Å²) in [6, 6.07) is 6.94. The van der Waals surface area contributed by atoms with Gasteiger partial charge in [0.25, 0.3) is 0 Å². The van der Waals surface area contributed by atoms with Gasteiger partial charge in [-0.2, -0.15) is 0 Å². The number of anilines is 1. The summed E-state index contributed by atoms with van der Waals surface area (Å²) in [5.74, 6) is 1.70. The molecule has 0 spiro atoms. The summed E-state index contributed by atoms with van der Waals surface area (Å²) in [4.78, 5) is 6.97. The fourth-order valence-corrected chi connectivity index (χ4v) is 5.00. The Morgan fingerprint density at radius 3 is 2.72 bits per heavy atom. The molecule has 1 saturated carbocycles. The number of nitrogens with zero attached hydrogens (tertiary/aromatic N) is 5. The molecule has 0 unspecified atom stereocenters.